The highest BCUT2D eigenvalue weighted by atomic mass is 35.5. The average molecular weight is 313 g/mol. The Labute approximate surface area is 131 Å². The molecular formula is C16H10ClFN4. The van der Waals surface area contributed by atoms with Gasteiger partial charge in [0.25, 0.3) is 0 Å². The predicted molar refractivity (Wildman–Crippen MR) is 83.1 cm³/mol. The largest absolute Gasteiger partial charge is 0.382 e. The molecule has 0 aliphatic heterocycles. The van der Waals surface area contributed by atoms with Crippen LogP contribution >= 0.6 is 11.6 Å². The number of para-hydroxylation sites is 1. The van der Waals surface area contributed by atoms with Crippen LogP contribution in [0.15, 0.2) is 48.5 Å². The fourth-order valence-electron chi connectivity index (χ4n) is 2.19. The van der Waals surface area contributed by atoms with Gasteiger partial charge in [-0.1, -0.05) is 35.9 Å². The van der Waals surface area contributed by atoms with E-state index in [2.05, 4.69) is 5.10 Å². The van der Waals surface area contributed by atoms with Gasteiger partial charge in [0.05, 0.1) is 10.7 Å². The van der Waals surface area contributed by atoms with Gasteiger partial charge in [-0.3, -0.25) is 0 Å². The van der Waals surface area contributed by atoms with Crippen LogP contribution in [0.2, 0.25) is 5.02 Å². The third kappa shape index (κ3) is 2.20. The molecule has 3 aromatic rings. The van der Waals surface area contributed by atoms with Crippen molar-refractivity contribution in [3.63, 3.8) is 0 Å². The number of benzene rings is 2. The first-order valence-corrected chi connectivity index (χ1v) is 6.79. The number of hydrogen-bond acceptors (Lipinski definition) is 3. The van der Waals surface area contributed by atoms with Crippen LogP contribution in [-0.2, 0) is 0 Å². The van der Waals surface area contributed by atoms with Crippen molar-refractivity contribution >= 4 is 17.4 Å². The number of aromatic nitrogens is 2. The van der Waals surface area contributed by atoms with Gasteiger partial charge in [0, 0.05) is 5.56 Å². The Morgan fingerprint density at radius 2 is 1.82 bits per heavy atom. The summed E-state index contributed by atoms with van der Waals surface area (Å²) >= 11 is 6.14. The third-order valence-corrected chi connectivity index (χ3v) is 3.56. The second-order valence-electron chi connectivity index (χ2n) is 4.56. The SMILES string of the molecule is N#Cc1c(-c2ccccc2F)nn(-c2ccccc2Cl)c1N. The van der Waals surface area contributed by atoms with E-state index in [0.717, 1.165) is 0 Å². The quantitative estimate of drug-likeness (QED) is 0.783. The lowest BCUT2D eigenvalue weighted by atomic mass is 10.1. The van der Waals surface area contributed by atoms with Crippen LogP contribution in [-0.4, -0.2) is 9.78 Å². The first kappa shape index (κ1) is 14.1. The molecule has 0 saturated carbocycles. The molecule has 0 bridgehead atoms. The van der Waals surface area contributed by atoms with E-state index in [1.807, 2.05) is 6.07 Å². The van der Waals surface area contributed by atoms with Crippen molar-refractivity contribution in [3.8, 4) is 23.0 Å². The molecule has 6 heteroatoms. The van der Waals surface area contributed by atoms with Crippen molar-refractivity contribution in [2.75, 3.05) is 5.73 Å². The number of nitrogen functional groups attached to an aromatic ring is 1. The summed E-state index contributed by atoms with van der Waals surface area (Å²) in [6, 6.07) is 15.0. The zero-order valence-corrected chi connectivity index (χ0v) is 12.0. The van der Waals surface area contributed by atoms with Gasteiger partial charge in [-0.25, -0.2) is 9.07 Å². The molecule has 2 aromatic carbocycles. The number of nitrogens with zero attached hydrogens (tertiary/aromatic N) is 3. The van der Waals surface area contributed by atoms with E-state index in [1.54, 1.807) is 42.5 Å². The van der Waals surface area contributed by atoms with E-state index in [1.165, 1.54) is 10.7 Å². The van der Waals surface area contributed by atoms with Gasteiger partial charge >= 0.3 is 0 Å². The number of hydrogen-bond donors (Lipinski definition) is 1. The maximum Gasteiger partial charge on any atom is 0.145 e. The number of nitriles is 1. The lowest BCUT2D eigenvalue weighted by Gasteiger charge is -2.05. The molecule has 0 radical (unpaired) electrons. The van der Waals surface area contributed by atoms with E-state index in [0.29, 0.717) is 10.7 Å². The summed E-state index contributed by atoms with van der Waals surface area (Å²) < 4.78 is 15.3. The Hall–Kier alpha value is -2.84. The predicted octanol–water partition coefficient (Wildman–Crippen LogP) is 3.79. The Kier molecular flexibility index (Phi) is 3.53. The van der Waals surface area contributed by atoms with Gasteiger partial charge in [0.2, 0.25) is 0 Å². The number of halogens is 2. The van der Waals surface area contributed by atoms with Gasteiger partial charge < -0.3 is 5.73 Å². The molecule has 2 N–H and O–H groups in total. The molecule has 0 atom stereocenters. The standard InChI is InChI=1S/C16H10ClFN4/c17-12-6-2-4-8-14(12)22-16(20)11(9-19)15(21-22)10-5-1-3-7-13(10)18/h1-8H,20H2. The summed E-state index contributed by atoms with van der Waals surface area (Å²) in [6.45, 7) is 0. The van der Waals surface area contributed by atoms with Crippen molar-refractivity contribution in [1.29, 1.82) is 5.26 Å². The van der Waals surface area contributed by atoms with Gasteiger partial charge in [-0.15, -0.1) is 0 Å². The third-order valence-electron chi connectivity index (χ3n) is 3.24. The number of nitrogens with two attached hydrogens (primary N) is 1. The highest BCUT2D eigenvalue weighted by Gasteiger charge is 2.20. The van der Waals surface area contributed by atoms with E-state index in [9.17, 15) is 9.65 Å². The van der Waals surface area contributed by atoms with Gasteiger partial charge in [-0.2, -0.15) is 10.4 Å². The number of rotatable bonds is 2. The first-order chi connectivity index (χ1) is 10.6. The summed E-state index contributed by atoms with van der Waals surface area (Å²) in [6.07, 6.45) is 0. The van der Waals surface area contributed by atoms with Crippen LogP contribution in [0.25, 0.3) is 16.9 Å². The highest BCUT2D eigenvalue weighted by molar-refractivity contribution is 6.32. The molecule has 108 valence electrons. The second kappa shape index (κ2) is 5.51. The minimum atomic E-state index is -0.470. The van der Waals surface area contributed by atoms with E-state index in [-0.39, 0.29) is 22.6 Å². The van der Waals surface area contributed by atoms with Crippen LogP contribution in [0.5, 0.6) is 0 Å². The van der Waals surface area contributed by atoms with Crippen molar-refractivity contribution in [2.24, 2.45) is 0 Å². The molecule has 1 heterocycles. The summed E-state index contributed by atoms with van der Waals surface area (Å²) in [7, 11) is 0. The van der Waals surface area contributed by atoms with E-state index >= 15 is 0 Å². The van der Waals surface area contributed by atoms with Crippen LogP contribution in [0.1, 0.15) is 5.56 Å². The second-order valence-corrected chi connectivity index (χ2v) is 4.97. The zero-order chi connectivity index (χ0) is 15.7. The summed E-state index contributed by atoms with van der Waals surface area (Å²) in [4.78, 5) is 0. The van der Waals surface area contributed by atoms with Gasteiger partial charge in [-0.05, 0) is 24.3 Å². The molecule has 0 fully saturated rings. The van der Waals surface area contributed by atoms with Crippen LogP contribution in [0, 0.1) is 17.1 Å². The van der Waals surface area contributed by atoms with Gasteiger partial charge in [0.1, 0.15) is 29.0 Å². The van der Waals surface area contributed by atoms with Crippen molar-refractivity contribution in [1.82, 2.24) is 9.78 Å². The smallest absolute Gasteiger partial charge is 0.145 e. The highest BCUT2D eigenvalue weighted by Crippen LogP contribution is 2.31. The fraction of sp³-hybridized carbons (Fsp3) is 0. The molecule has 0 aliphatic carbocycles. The molecule has 3 rings (SSSR count). The maximum atomic E-state index is 14.0. The summed E-state index contributed by atoms with van der Waals surface area (Å²) in [5, 5.41) is 14.1. The fourth-order valence-corrected chi connectivity index (χ4v) is 2.41. The van der Waals surface area contributed by atoms with Crippen molar-refractivity contribution in [3.05, 3.63) is 64.9 Å². The molecular weight excluding hydrogens is 303 g/mol. The zero-order valence-electron chi connectivity index (χ0n) is 11.3. The molecule has 0 unspecified atom stereocenters. The van der Waals surface area contributed by atoms with Crippen LogP contribution in [0.3, 0.4) is 0 Å². The van der Waals surface area contributed by atoms with Crippen molar-refractivity contribution in [2.45, 2.75) is 0 Å². The van der Waals surface area contributed by atoms with E-state index in [4.69, 9.17) is 17.3 Å². The van der Waals surface area contributed by atoms with E-state index < -0.39 is 5.82 Å². The Morgan fingerprint density at radius 3 is 2.50 bits per heavy atom. The molecule has 0 saturated heterocycles. The summed E-state index contributed by atoms with van der Waals surface area (Å²) in [5.74, 6) is -0.350. The van der Waals surface area contributed by atoms with Crippen LogP contribution in [0.4, 0.5) is 10.2 Å². The number of anilines is 1. The van der Waals surface area contributed by atoms with Crippen molar-refractivity contribution < 1.29 is 4.39 Å². The molecule has 4 nitrogen and oxygen atoms in total. The molecule has 0 spiro atoms. The average Bonchev–Trinajstić information content (AvgIpc) is 2.85. The minimum absolute atomic E-state index is 0.116. The monoisotopic (exact) mass is 312 g/mol. The Balaban J connectivity index is 2.28. The molecule has 0 aliphatic rings. The maximum absolute atomic E-state index is 14.0. The lowest BCUT2D eigenvalue weighted by Crippen LogP contribution is -2.02. The molecule has 0 amide bonds. The molecule has 22 heavy (non-hydrogen) atoms. The first-order valence-electron chi connectivity index (χ1n) is 6.42. The Bertz CT molecular complexity index is 895. The minimum Gasteiger partial charge on any atom is -0.382 e. The molecule has 1 aromatic heterocycles. The van der Waals surface area contributed by atoms with Crippen LogP contribution < -0.4 is 5.73 Å². The normalized spacial score (nSPS) is 10.4. The topological polar surface area (TPSA) is 67.6 Å². The Morgan fingerprint density at radius 1 is 1.14 bits per heavy atom. The van der Waals surface area contributed by atoms with Gasteiger partial charge in [0.15, 0.2) is 0 Å². The summed E-state index contributed by atoms with van der Waals surface area (Å²) in [5.41, 5.74) is 7.06. The lowest BCUT2D eigenvalue weighted by molar-refractivity contribution is 0.630.